The molecule has 18 heavy (non-hydrogen) atoms. The summed E-state index contributed by atoms with van der Waals surface area (Å²) in [6, 6.07) is 9.47. The first-order valence-electron chi connectivity index (χ1n) is 5.63. The van der Waals surface area contributed by atoms with Gasteiger partial charge in [-0.1, -0.05) is 30.3 Å². The van der Waals surface area contributed by atoms with Crippen LogP contribution in [-0.2, 0) is 0 Å². The zero-order valence-electron chi connectivity index (χ0n) is 9.96. The predicted octanol–water partition coefficient (Wildman–Crippen LogP) is 1.92. The molecule has 4 nitrogen and oxygen atoms in total. The fourth-order valence-electron chi connectivity index (χ4n) is 1.43. The fraction of sp³-hybridized carbons (Fsp3) is 0.231. The van der Waals surface area contributed by atoms with Gasteiger partial charge >= 0.3 is 0 Å². The molecule has 2 rings (SSSR count). The summed E-state index contributed by atoms with van der Waals surface area (Å²) in [4.78, 5) is 16.6. The van der Waals surface area contributed by atoms with Crippen LogP contribution in [0.2, 0.25) is 0 Å². The number of nitrogens with zero attached hydrogens (tertiary/aromatic N) is 1. The van der Waals surface area contributed by atoms with Gasteiger partial charge in [0.15, 0.2) is 0 Å². The Bertz CT molecular complexity index is 525. The minimum atomic E-state index is -0.250. The Morgan fingerprint density at radius 2 is 2.17 bits per heavy atom. The van der Waals surface area contributed by atoms with E-state index in [0.29, 0.717) is 4.88 Å². The quantitative estimate of drug-likeness (QED) is 0.885. The molecule has 2 N–H and O–H groups in total. The number of carbonyl (C=O) groups excluding carboxylic acids is 1. The Balaban J connectivity index is 2.13. The maximum absolute atomic E-state index is 11.8. The van der Waals surface area contributed by atoms with Crippen molar-refractivity contribution >= 4 is 17.2 Å². The molecule has 2 aromatic rings. The van der Waals surface area contributed by atoms with Crippen molar-refractivity contribution < 1.29 is 9.90 Å². The van der Waals surface area contributed by atoms with E-state index >= 15 is 0 Å². The van der Waals surface area contributed by atoms with Gasteiger partial charge in [-0.15, -0.1) is 11.3 Å². The van der Waals surface area contributed by atoms with E-state index in [2.05, 4.69) is 10.3 Å². The second-order valence-electron chi connectivity index (χ2n) is 3.95. The number of hydrogen-bond acceptors (Lipinski definition) is 4. The van der Waals surface area contributed by atoms with Crippen molar-refractivity contribution in [2.45, 2.75) is 13.0 Å². The standard InChI is InChI=1S/C13H14N2O2S/c1-9(8-16)15-12(17)11-7-14-13(18-11)10-5-3-2-4-6-10/h2-7,9,16H,8H2,1H3,(H,15,17). The summed E-state index contributed by atoms with van der Waals surface area (Å²) in [5.74, 6) is -0.198. The molecule has 1 unspecified atom stereocenters. The SMILES string of the molecule is CC(CO)NC(=O)c1cnc(-c2ccccc2)s1. The van der Waals surface area contributed by atoms with E-state index in [9.17, 15) is 4.79 Å². The van der Waals surface area contributed by atoms with Crippen molar-refractivity contribution in [3.63, 3.8) is 0 Å². The smallest absolute Gasteiger partial charge is 0.263 e. The fourth-order valence-corrected chi connectivity index (χ4v) is 2.26. The number of thiazole rings is 1. The number of nitrogens with one attached hydrogen (secondary N) is 1. The van der Waals surface area contributed by atoms with E-state index in [1.165, 1.54) is 11.3 Å². The molecule has 0 saturated carbocycles. The highest BCUT2D eigenvalue weighted by molar-refractivity contribution is 7.16. The molecule has 1 aromatic carbocycles. The van der Waals surface area contributed by atoms with E-state index in [0.717, 1.165) is 10.6 Å². The Morgan fingerprint density at radius 3 is 2.83 bits per heavy atom. The number of amides is 1. The van der Waals surface area contributed by atoms with Crippen LogP contribution in [0.1, 0.15) is 16.6 Å². The zero-order chi connectivity index (χ0) is 13.0. The van der Waals surface area contributed by atoms with Crippen LogP contribution in [-0.4, -0.2) is 28.6 Å². The number of carbonyl (C=O) groups is 1. The van der Waals surface area contributed by atoms with Crippen molar-refractivity contribution in [1.82, 2.24) is 10.3 Å². The molecule has 5 heteroatoms. The van der Waals surface area contributed by atoms with Gasteiger partial charge in [0.2, 0.25) is 0 Å². The third kappa shape index (κ3) is 2.94. The summed E-state index contributed by atoms with van der Waals surface area (Å²) in [6.45, 7) is 1.67. The molecule has 0 bridgehead atoms. The number of aromatic nitrogens is 1. The van der Waals surface area contributed by atoms with Crippen LogP contribution in [0, 0.1) is 0 Å². The van der Waals surface area contributed by atoms with Gasteiger partial charge < -0.3 is 10.4 Å². The molecule has 94 valence electrons. The monoisotopic (exact) mass is 262 g/mol. The molecular formula is C13H14N2O2S. The summed E-state index contributed by atoms with van der Waals surface area (Å²) < 4.78 is 0. The van der Waals surface area contributed by atoms with E-state index in [1.54, 1.807) is 13.1 Å². The number of aliphatic hydroxyl groups is 1. The molecule has 0 spiro atoms. The normalized spacial score (nSPS) is 12.1. The second-order valence-corrected chi connectivity index (χ2v) is 4.98. The summed E-state index contributed by atoms with van der Waals surface area (Å²) in [5, 5.41) is 12.4. The molecule has 0 aliphatic rings. The predicted molar refractivity (Wildman–Crippen MR) is 71.6 cm³/mol. The summed E-state index contributed by atoms with van der Waals surface area (Å²) in [7, 11) is 0. The van der Waals surface area contributed by atoms with Crippen LogP contribution >= 0.6 is 11.3 Å². The van der Waals surface area contributed by atoms with Gasteiger partial charge in [-0.05, 0) is 6.92 Å². The van der Waals surface area contributed by atoms with Crippen LogP contribution in [0.3, 0.4) is 0 Å². The third-order valence-corrected chi connectivity index (χ3v) is 3.45. The van der Waals surface area contributed by atoms with Crippen molar-refractivity contribution in [3.8, 4) is 10.6 Å². The molecule has 1 atom stereocenters. The minimum Gasteiger partial charge on any atom is -0.394 e. The second kappa shape index (κ2) is 5.75. The van der Waals surface area contributed by atoms with E-state index in [1.807, 2.05) is 30.3 Å². The molecule has 1 amide bonds. The molecule has 0 radical (unpaired) electrons. The topological polar surface area (TPSA) is 62.2 Å². The summed E-state index contributed by atoms with van der Waals surface area (Å²) in [5.41, 5.74) is 0.997. The highest BCUT2D eigenvalue weighted by Crippen LogP contribution is 2.24. The van der Waals surface area contributed by atoms with E-state index in [-0.39, 0.29) is 18.6 Å². The Labute approximate surface area is 109 Å². The molecule has 0 aliphatic heterocycles. The first-order chi connectivity index (χ1) is 8.70. The first-order valence-corrected chi connectivity index (χ1v) is 6.45. The number of rotatable bonds is 4. The summed E-state index contributed by atoms with van der Waals surface area (Å²) in [6.07, 6.45) is 1.56. The van der Waals surface area contributed by atoms with E-state index < -0.39 is 0 Å². The average Bonchev–Trinajstić information content (AvgIpc) is 2.89. The van der Waals surface area contributed by atoms with Crippen LogP contribution in [0.4, 0.5) is 0 Å². The molecule has 1 heterocycles. The maximum atomic E-state index is 11.8. The van der Waals surface area contributed by atoms with Crippen molar-refractivity contribution in [1.29, 1.82) is 0 Å². The third-order valence-electron chi connectivity index (χ3n) is 2.40. The molecule has 1 aromatic heterocycles. The Morgan fingerprint density at radius 1 is 1.44 bits per heavy atom. The van der Waals surface area contributed by atoms with Crippen LogP contribution in [0.15, 0.2) is 36.5 Å². The van der Waals surface area contributed by atoms with Crippen molar-refractivity contribution in [2.75, 3.05) is 6.61 Å². The lowest BCUT2D eigenvalue weighted by molar-refractivity contribution is 0.0926. The van der Waals surface area contributed by atoms with Gasteiger partial charge in [-0.25, -0.2) is 4.98 Å². The highest BCUT2D eigenvalue weighted by atomic mass is 32.1. The van der Waals surface area contributed by atoms with Crippen molar-refractivity contribution in [2.24, 2.45) is 0 Å². The lowest BCUT2D eigenvalue weighted by Gasteiger charge is -2.08. The van der Waals surface area contributed by atoms with Gasteiger partial charge in [0.1, 0.15) is 9.88 Å². The lowest BCUT2D eigenvalue weighted by atomic mass is 10.2. The van der Waals surface area contributed by atoms with Gasteiger partial charge in [0.05, 0.1) is 12.8 Å². The number of benzene rings is 1. The van der Waals surface area contributed by atoms with Crippen molar-refractivity contribution in [3.05, 3.63) is 41.4 Å². The van der Waals surface area contributed by atoms with E-state index in [4.69, 9.17) is 5.11 Å². The van der Waals surface area contributed by atoms with Crippen LogP contribution < -0.4 is 5.32 Å². The lowest BCUT2D eigenvalue weighted by Crippen LogP contribution is -2.34. The number of aliphatic hydroxyl groups excluding tert-OH is 1. The van der Waals surface area contributed by atoms with Gasteiger partial charge in [0.25, 0.3) is 5.91 Å². The van der Waals surface area contributed by atoms with Gasteiger partial charge in [-0.3, -0.25) is 4.79 Å². The van der Waals surface area contributed by atoms with Gasteiger partial charge in [0, 0.05) is 11.6 Å². The van der Waals surface area contributed by atoms with Crippen LogP contribution in [0.5, 0.6) is 0 Å². The Kier molecular flexibility index (Phi) is 4.07. The first kappa shape index (κ1) is 12.7. The molecule has 0 aliphatic carbocycles. The molecule has 0 fully saturated rings. The highest BCUT2D eigenvalue weighted by Gasteiger charge is 2.13. The average molecular weight is 262 g/mol. The number of hydrogen-bond donors (Lipinski definition) is 2. The van der Waals surface area contributed by atoms with Crippen LogP contribution in [0.25, 0.3) is 10.6 Å². The molecular weight excluding hydrogens is 248 g/mol. The molecule has 0 saturated heterocycles. The minimum absolute atomic E-state index is 0.0733. The largest absolute Gasteiger partial charge is 0.394 e. The Hall–Kier alpha value is -1.72. The maximum Gasteiger partial charge on any atom is 0.263 e. The zero-order valence-corrected chi connectivity index (χ0v) is 10.8. The van der Waals surface area contributed by atoms with Gasteiger partial charge in [-0.2, -0.15) is 0 Å². The summed E-state index contributed by atoms with van der Waals surface area (Å²) >= 11 is 1.34.